The molecule has 0 bridgehead atoms. The van der Waals surface area contributed by atoms with E-state index in [1.54, 1.807) is 41.1 Å². The van der Waals surface area contributed by atoms with E-state index in [0.717, 1.165) is 6.07 Å². The van der Waals surface area contributed by atoms with Crippen LogP contribution in [0.25, 0.3) is 10.6 Å². The van der Waals surface area contributed by atoms with E-state index >= 15 is 0 Å². The first-order valence-electron chi connectivity index (χ1n) is 10.1. The van der Waals surface area contributed by atoms with Gasteiger partial charge in [-0.3, -0.25) is 4.79 Å². The molecular formula is C21H22F3N5OS. The number of carbonyl (C=O) groups is 1. The van der Waals surface area contributed by atoms with Crippen molar-refractivity contribution in [1.29, 1.82) is 0 Å². The fourth-order valence-electron chi connectivity index (χ4n) is 3.78. The van der Waals surface area contributed by atoms with Gasteiger partial charge in [-0.1, -0.05) is 6.07 Å². The average molecular weight is 450 g/mol. The van der Waals surface area contributed by atoms with Crippen molar-refractivity contribution in [2.24, 2.45) is 0 Å². The number of halogens is 3. The van der Waals surface area contributed by atoms with Crippen molar-refractivity contribution in [3.8, 4) is 10.6 Å². The molecule has 6 nitrogen and oxygen atoms in total. The van der Waals surface area contributed by atoms with Crippen molar-refractivity contribution < 1.29 is 18.0 Å². The molecule has 2 atom stereocenters. The number of hydrogen-bond acceptors (Lipinski definition) is 5. The number of piperidine rings is 1. The number of hydrogen-bond donors (Lipinski definition) is 0. The molecule has 0 N–H and O–H groups in total. The third-order valence-corrected chi connectivity index (χ3v) is 6.34. The Balaban J connectivity index is 1.55. The molecule has 10 heteroatoms. The van der Waals surface area contributed by atoms with Crippen molar-refractivity contribution in [1.82, 2.24) is 24.4 Å². The highest BCUT2D eigenvalue weighted by molar-refractivity contribution is 7.13. The Bertz CT molecular complexity index is 1020. The Hall–Kier alpha value is -2.75. The van der Waals surface area contributed by atoms with Crippen LogP contribution in [0.5, 0.6) is 0 Å². The number of alkyl halides is 3. The predicted octanol–water partition coefficient (Wildman–Crippen LogP) is 4.78. The third-order valence-electron chi connectivity index (χ3n) is 5.45. The Labute approximate surface area is 181 Å². The maximum Gasteiger partial charge on any atom is 0.433 e. The molecule has 164 valence electrons. The summed E-state index contributed by atoms with van der Waals surface area (Å²) in [5.74, 6) is -0.211. The van der Waals surface area contributed by atoms with Gasteiger partial charge in [0.05, 0.1) is 16.9 Å². The SMILES string of the molecule is C[C@H](CC(=O)N1CCC[C@H](c2nc(-c3cccs3)cc(C(F)(F)F)n2)C1)n1ccnc1. The van der Waals surface area contributed by atoms with Crippen molar-refractivity contribution in [2.45, 2.75) is 44.3 Å². The maximum atomic E-state index is 13.5. The minimum atomic E-state index is -4.56. The van der Waals surface area contributed by atoms with Crippen LogP contribution >= 0.6 is 11.3 Å². The molecule has 1 amide bonds. The van der Waals surface area contributed by atoms with Gasteiger partial charge in [0.25, 0.3) is 0 Å². The molecule has 1 saturated heterocycles. The van der Waals surface area contributed by atoms with Gasteiger partial charge in [0.2, 0.25) is 5.91 Å². The molecule has 0 spiro atoms. The zero-order valence-corrected chi connectivity index (χ0v) is 17.7. The number of thiophene rings is 1. The third kappa shape index (κ3) is 4.95. The largest absolute Gasteiger partial charge is 0.433 e. The monoisotopic (exact) mass is 449 g/mol. The molecule has 1 fully saturated rings. The van der Waals surface area contributed by atoms with E-state index in [1.807, 2.05) is 11.5 Å². The van der Waals surface area contributed by atoms with Gasteiger partial charge in [0.15, 0.2) is 0 Å². The zero-order valence-electron chi connectivity index (χ0n) is 16.9. The summed E-state index contributed by atoms with van der Waals surface area (Å²) in [5.41, 5.74) is -0.678. The standard InChI is InChI=1S/C21H22F3N5OS/c1-14(29-8-6-25-13-29)10-19(30)28-7-2-4-15(12-28)20-26-16(17-5-3-9-31-17)11-18(27-20)21(22,23)24/h3,5-6,8-9,11,13-15H,2,4,7,10,12H2,1H3/t14-,15+/m1/s1. The molecule has 4 rings (SSSR count). The van der Waals surface area contributed by atoms with Gasteiger partial charge in [-0.2, -0.15) is 13.2 Å². The van der Waals surface area contributed by atoms with Crippen LogP contribution in [0.15, 0.2) is 42.3 Å². The lowest BCUT2D eigenvalue weighted by molar-refractivity contribution is -0.141. The lowest BCUT2D eigenvalue weighted by Gasteiger charge is -2.33. The molecule has 0 unspecified atom stereocenters. The Kier molecular flexibility index (Phi) is 6.08. The summed E-state index contributed by atoms with van der Waals surface area (Å²) in [6, 6.07) is 4.46. The van der Waals surface area contributed by atoms with Gasteiger partial charge in [-0.05, 0) is 37.3 Å². The van der Waals surface area contributed by atoms with Crippen molar-refractivity contribution in [3.05, 3.63) is 53.8 Å². The van der Waals surface area contributed by atoms with Crippen LogP contribution in [0.1, 0.15) is 49.7 Å². The molecule has 0 saturated carbocycles. The summed E-state index contributed by atoms with van der Waals surface area (Å²) < 4.78 is 42.3. The molecular weight excluding hydrogens is 427 g/mol. The molecule has 3 aromatic rings. The summed E-state index contributed by atoms with van der Waals surface area (Å²) in [7, 11) is 0. The predicted molar refractivity (Wildman–Crippen MR) is 110 cm³/mol. The van der Waals surface area contributed by atoms with Gasteiger partial charge in [0, 0.05) is 43.9 Å². The number of imidazole rings is 1. The summed E-state index contributed by atoms with van der Waals surface area (Å²) in [4.78, 5) is 27.5. The van der Waals surface area contributed by atoms with Crippen molar-refractivity contribution in [2.75, 3.05) is 13.1 Å². The van der Waals surface area contributed by atoms with E-state index in [0.29, 0.717) is 37.2 Å². The number of nitrogens with zero attached hydrogens (tertiary/aromatic N) is 5. The fourth-order valence-corrected chi connectivity index (χ4v) is 4.46. The van der Waals surface area contributed by atoms with E-state index in [-0.39, 0.29) is 29.4 Å². The van der Waals surface area contributed by atoms with Crippen LogP contribution in [0, 0.1) is 0 Å². The van der Waals surface area contributed by atoms with Gasteiger partial charge in [-0.25, -0.2) is 15.0 Å². The van der Waals surface area contributed by atoms with Crippen LogP contribution < -0.4 is 0 Å². The molecule has 3 aromatic heterocycles. The quantitative estimate of drug-likeness (QED) is 0.563. The second-order valence-corrected chi connectivity index (χ2v) is 8.66. The lowest BCUT2D eigenvalue weighted by Crippen LogP contribution is -2.40. The van der Waals surface area contributed by atoms with Crippen molar-refractivity contribution in [3.63, 3.8) is 0 Å². The van der Waals surface area contributed by atoms with Crippen LogP contribution in [0.2, 0.25) is 0 Å². The zero-order chi connectivity index (χ0) is 22.0. The summed E-state index contributed by atoms with van der Waals surface area (Å²) >= 11 is 1.33. The number of rotatable bonds is 5. The smallest absolute Gasteiger partial charge is 0.342 e. The highest BCUT2D eigenvalue weighted by Crippen LogP contribution is 2.34. The molecule has 31 heavy (non-hydrogen) atoms. The highest BCUT2D eigenvalue weighted by Gasteiger charge is 2.35. The van der Waals surface area contributed by atoms with Crippen LogP contribution in [-0.4, -0.2) is 43.4 Å². The Morgan fingerprint density at radius 2 is 2.19 bits per heavy atom. The summed E-state index contributed by atoms with van der Waals surface area (Å²) in [6.45, 7) is 2.84. The van der Waals surface area contributed by atoms with E-state index in [4.69, 9.17) is 0 Å². The minimum Gasteiger partial charge on any atom is -0.342 e. The molecule has 1 aliphatic heterocycles. The maximum absolute atomic E-state index is 13.5. The van der Waals surface area contributed by atoms with Gasteiger partial charge < -0.3 is 9.47 Å². The minimum absolute atomic E-state index is 0.0312. The first-order chi connectivity index (χ1) is 14.8. The number of likely N-dealkylation sites (tertiary alicyclic amines) is 1. The van der Waals surface area contributed by atoms with E-state index < -0.39 is 11.9 Å². The summed E-state index contributed by atoms with van der Waals surface area (Å²) in [6.07, 6.45) is 2.21. The normalized spacial score (nSPS) is 18.2. The molecule has 0 radical (unpaired) electrons. The first kappa shape index (κ1) is 21.5. The van der Waals surface area contributed by atoms with Crippen LogP contribution in [0.3, 0.4) is 0 Å². The van der Waals surface area contributed by atoms with Crippen molar-refractivity contribution >= 4 is 17.2 Å². The number of carbonyl (C=O) groups excluding carboxylic acids is 1. The number of amides is 1. The Morgan fingerprint density at radius 3 is 2.87 bits per heavy atom. The van der Waals surface area contributed by atoms with E-state index in [9.17, 15) is 18.0 Å². The van der Waals surface area contributed by atoms with Gasteiger partial charge in [0.1, 0.15) is 11.5 Å². The fraction of sp³-hybridized carbons (Fsp3) is 0.429. The van der Waals surface area contributed by atoms with Crippen LogP contribution in [0.4, 0.5) is 13.2 Å². The second kappa shape index (κ2) is 8.78. The topological polar surface area (TPSA) is 63.9 Å². The summed E-state index contributed by atoms with van der Waals surface area (Å²) in [5, 5.41) is 1.80. The van der Waals surface area contributed by atoms with Gasteiger partial charge >= 0.3 is 6.18 Å². The molecule has 0 aliphatic carbocycles. The van der Waals surface area contributed by atoms with Crippen LogP contribution in [-0.2, 0) is 11.0 Å². The number of aromatic nitrogens is 4. The van der Waals surface area contributed by atoms with E-state index in [1.165, 1.54) is 11.3 Å². The Morgan fingerprint density at radius 1 is 1.35 bits per heavy atom. The average Bonchev–Trinajstić information content (AvgIpc) is 3.47. The lowest BCUT2D eigenvalue weighted by atomic mass is 9.96. The molecule has 1 aliphatic rings. The molecule has 0 aromatic carbocycles. The van der Waals surface area contributed by atoms with E-state index in [2.05, 4.69) is 15.0 Å². The highest BCUT2D eigenvalue weighted by atomic mass is 32.1. The van der Waals surface area contributed by atoms with Gasteiger partial charge in [-0.15, -0.1) is 11.3 Å². The first-order valence-corrected chi connectivity index (χ1v) is 10.9. The second-order valence-electron chi connectivity index (χ2n) is 7.71. The molecule has 4 heterocycles.